The van der Waals surface area contributed by atoms with E-state index in [1.165, 1.54) is 5.38 Å². The van der Waals surface area contributed by atoms with Crippen LogP contribution in [0.5, 0.6) is 0 Å². The van der Waals surface area contributed by atoms with Crippen molar-refractivity contribution in [3.8, 4) is 0 Å². The molecule has 2 N–H and O–H groups in total. The molecular weight excluding hydrogens is 261 g/mol. The highest BCUT2D eigenvalue weighted by atomic mass is 35.5. The number of alkyl halides is 5. The molecule has 0 bridgehead atoms. The van der Waals surface area contributed by atoms with Crippen molar-refractivity contribution in [3.63, 3.8) is 0 Å². The first-order valence-electron chi connectivity index (χ1n) is 3.51. The summed E-state index contributed by atoms with van der Waals surface area (Å²) in [7, 11) is 0. The third-order valence-electron chi connectivity index (χ3n) is 1.55. The zero-order valence-corrected chi connectivity index (χ0v) is 8.78. The van der Waals surface area contributed by atoms with Crippen molar-refractivity contribution in [2.24, 2.45) is 5.73 Å². The SMILES string of the molecule is Cl.NCc1csc(C(F)(F)C(F)(F)F)c1. The van der Waals surface area contributed by atoms with Gasteiger partial charge >= 0.3 is 12.1 Å². The van der Waals surface area contributed by atoms with E-state index in [9.17, 15) is 22.0 Å². The molecule has 0 fully saturated rings. The second kappa shape index (κ2) is 4.63. The van der Waals surface area contributed by atoms with Gasteiger partial charge in [0, 0.05) is 6.54 Å². The van der Waals surface area contributed by atoms with Gasteiger partial charge in [0.25, 0.3) is 0 Å². The van der Waals surface area contributed by atoms with Crippen molar-refractivity contribution in [1.29, 1.82) is 0 Å². The molecule has 0 radical (unpaired) electrons. The predicted molar refractivity (Wildman–Crippen MR) is 49.4 cm³/mol. The van der Waals surface area contributed by atoms with Crippen LogP contribution in [0.3, 0.4) is 0 Å². The summed E-state index contributed by atoms with van der Waals surface area (Å²) in [4.78, 5) is -1.02. The summed E-state index contributed by atoms with van der Waals surface area (Å²) in [6.07, 6.45) is -5.55. The molecule has 0 atom stereocenters. The molecule has 0 aliphatic heterocycles. The Morgan fingerprint density at radius 2 is 1.73 bits per heavy atom. The van der Waals surface area contributed by atoms with Gasteiger partial charge in [-0.25, -0.2) is 0 Å². The lowest BCUT2D eigenvalue weighted by molar-refractivity contribution is -0.287. The highest BCUT2D eigenvalue weighted by Gasteiger charge is 2.59. The number of hydrogen-bond donors (Lipinski definition) is 1. The van der Waals surface area contributed by atoms with Crippen LogP contribution in [0.2, 0.25) is 0 Å². The number of rotatable bonds is 2. The largest absolute Gasteiger partial charge is 0.458 e. The molecule has 1 nitrogen and oxygen atoms in total. The molecule has 0 spiro atoms. The molecule has 0 aliphatic carbocycles. The minimum Gasteiger partial charge on any atom is -0.326 e. The van der Waals surface area contributed by atoms with E-state index in [0.717, 1.165) is 6.07 Å². The number of hydrogen-bond acceptors (Lipinski definition) is 2. The molecule has 0 aliphatic rings. The Morgan fingerprint density at radius 1 is 1.20 bits per heavy atom. The second-order valence-electron chi connectivity index (χ2n) is 2.60. The third kappa shape index (κ3) is 2.79. The molecule has 1 heterocycles. The lowest BCUT2D eigenvalue weighted by Crippen LogP contribution is -2.32. The van der Waals surface area contributed by atoms with Crippen LogP contribution < -0.4 is 5.73 Å². The molecule has 0 unspecified atom stereocenters. The van der Waals surface area contributed by atoms with E-state index < -0.39 is 17.0 Å². The Kier molecular flexibility index (Phi) is 4.50. The molecule has 88 valence electrons. The van der Waals surface area contributed by atoms with E-state index in [-0.39, 0.29) is 24.5 Å². The van der Waals surface area contributed by atoms with Crippen LogP contribution >= 0.6 is 23.7 Å². The fourth-order valence-corrected chi connectivity index (χ4v) is 1.71. The third-order valence-corrected chi connectivity index (χ3v) is 2.60. The van der Waals surface area contributed by atoms with Gasteiger partial charge < -0.3 is 5.73 Å². The van der Waals surface area contributed by atoms with Gasteiger partial charge in [0.2, 0.25) is 0 Å². The van der Waals surface area contributed by atoms with Gasteiger partial charge in [-0.3, -0.25) is 0 Å². The molecule has 0 aromatic carbocycles. The quantitative estimate of drug-likeness (QED) is 0.818. The summed E-state index contributed by atoms with van der Waals surface area (Å²) in [6.45, 7) is -0.0512. The van der Waals surface area contributed by atoms with Crippen LogP contribution in [-0.4, -0.2) is 6.18 Å². The summed E-state index contributed by atoms with van der Waals surface area (Å²) in [6, 6.07) is 0.776. The molecule has 1 aromatic heterocycles. The van der Waals surface area contributed by atoms with Gasteiger partial charge in [-0.1, -0.05) is 0 Å². The highest BCUT2D eigenvalue weighted by Crippen LogP contribution is 2.45. The smallest absolute Gasteiger partial charge is 0.326 e. The van der Waals surface area contributed by atoms with E-state index >= 15 is 0 Å². The lowest BCUT2D eigenvalue weighted by atomic mass is 10.2. The van der Waals surface area contributed by atoms with Crippen LogP contribution in [0.25, 0.3) is 0 Å². The predicted octanol–water partition coefficient (Wildman–Crippen LogP) is 3.28. The Balaban J connectivity index is 0.00000196. The molecule has 1 aromatic rings. The van der Waals surface area contributed by atoms with Crippen LogP contribution in [0.15, 0.2) is 11.4 Å². The average Bonchev–Trinajstić information content (AvgIpc) is 2.49. The summed E-state index contributed by atoms with van der Waals surface area (Å²) < 4.78 is 60.9. The van der Waals surface area contributed by atoms with E-state index in [2.05, 4.69) is 0 Å². The van der Waals surface area contributed by atoms with Crippen molar-refractivity contribution < 1.29 is 22.0 Å². The van der Waals surface area contributed by atoms with Gasteiger partial charge in [0.15, 0.2) is 0 Å². The van der Waals surface area contributed by atoms with E-state index in [1.807, 2.05) is 0 Å². The zero-order valence-electron chi connectivity index (χ0n) is 7.15. The minimum atomic E-state index is -5.55. The molecule has 0 amide bonds. The zero-order chi connectivity index (χ0) is 11.0. The molecule has 1 rings (SSSR count). The molecular formula is C7H7ClF5NS. The Morgan fingerprint density at radius 3 is 2.07 bits per heavy atom. The Labute approximate surface area is 92.5 Å². The fraction of sp³-hybridized carbons (Fsp3) is 0.429. The fourth-order valence-electron chi connectivity index (χ4n) is 0.787. The minimum absolute atomic E-state index is 0. The van der Waals surface area contributed by atoms with Crippen LogP contribution in [0.4, 0.5) is 22.0 Å². The monoisotopic (exact) mass is 267 g/mol. The molecule has 15 heavy (non-hydrogen) atoms. The Bertz CT molecular complexity index is 321. The summed E-state index contributed by atoms with van der Waals surface area (Å²) >= 11 is 0.358. The number of halogens is 6. The van der Waals surface area contributed by atoms with Crippen molar-refractivity contribution in [3.05, 3.63) is 21.9 Å². The normalized spacial score (nSPS) is 12.4. The number of nitrogens with two attached hydrogens (primary N) is 1. The van der Waals surface area contributed by atoms with Gasteiger partial charge in [-0.2, -0.15) is 22.0 Å². The van der Waals surface area contributed by atoms with E-state index in [4.69, 9.17) is 5.73 Å². The summed E-state index contributed by atoms with van der Waals surface area (Å²) in [5, 5.41) is 1.19. The number of thiophene rings is 1. The van der Waals surface area contributed by atoms with Crippen LogP contribution in [-0.2, 0) is 12.5 Å². The van der Waals surface area contributed by atoms with Crippen molar-refractivity contribution in [1.82, 2.24) is 0 Å². The van der Waals surface area contributed by atoms with Crippen LogP contribution in [0.1, 0.15) is 10.4 Å². The van der Waals surface area contributed by atoms with Gasteiger partial charge in [-0.15, -0.1) is 23.7 Å². The van der Waals surface area contributed by atoms with Gasteiger partial charge in [-0.05, 0) is 17.0 Å². The molecule has 8 heteroatoms. The highest BCUT2D eigenvalue weighted by molar-refractivity contribution is 7.10. The van der Waals surface area contributed by atoms with Crippen molar-refractivity contribution >= 4 is 23.7 Å². The van der Waals surface area contributed by atoms with E-state index in [1.54, 1.807) is 0 Å². The first-order chi connectivity index (χ1) is 6.29. The molecule has 0 saturated heterocycles. The first-order valence-corrected chi connectivity index (χ1v) is 4.39. The topological polar surface area (TPSA) is 26.0 Å². The summed E-state index contributed by atoms with van der Waals surface area (Å²) in [5.41, 5.74) is 5.37. The van der Waals surface area contributed by atoms with Crippen molar-refractivity contribution in [2.45, 2.75) is 18.6 Å². The van der Waals surface area contributed by atoms with Crippen LogP contribution in [0, 0.1) is 0 Å². The maximum atomic E-state index is 12.7. The maximum absolute atomic E-state index is 12.7. The first kappa shape index (κ1) is 14.6. The van der Waals surface area contributed by atoms with E-state index in [0.29, 0.717) is 11.3 Å². The summed E-state index contributed by atoms with van der Waals surface area (Å²) in [5.74, 6) is -4.79. The average molecular weight is 268 g/mol. The standard InChI is InChI=1S/C7H6F5NS.ClH/c8-6(9,7(10,11)12)5-1-4(2-13)3-14-5;/h1,3H,2,13H2;1H. The van der Waals surface area contributed by atoms with Crippen molar-refractivity contribution in [2.75, 3.05) is 0 Å². The maximum Gasteiger partial charge on any atom is 0.458 e. The molecule has 0 saturated carbocycles. The second-order valence-corrected chi connectivity index (χ2v) is 3.51. The Hall–Kier alpha value is -0.400. The van der Waals surface area contributed by atoms with Gasteiger partial charge in [0.05, 0.1) is 4.88 Å². The van der Waals surface area contributed by atoms with Gasteiger partial charge in [0.1, 0.15) is 0 Å². The lowest BCUT2D eigenvalue weighted by Gasteiger charge is -2.17.